The van der Waals surface area contributed by atoms with Gasteiger partial charge in [-0.2, -0.15) is 0 Å². The molecule has 0 aliphatic rings. The Balaban J connectivity index is 3.07. The van der Waals surface area contributed by atoms with Gasteiger partial charge in [0.25, 0.3) is 0 Å². The van der Waals surface area contributed by atoms with Crippen LogP contribution in [0.3, 0.4) is 0 Å². The Labute approximate surface area is 76.7 Å². The second kappa shape index (κ2) is 3.87. The molecule has 0 bridgehead atoms. The number of rotatable bonds is 2. The Morgan fingerprint density at radius 2 is 2.17 bits per heavy atom. The minimum Gasteiger partial charge on any atom is -0.226 e. The minimum atomic E-state index is -0.189. The molecule has 0 aliphatic heterocycles. The standard InChI is InChI=1S/C9H11ClFN/c1-6-8(7(2)12-10)4-3-5-9(6)11/h3-5,7,12H,1-2H3. The second-order valence-electron chi connectivity index (χ2n) is 2.78. The van der Waals surface area contributed by atoms with E-state index in [0.29, 0.717) is 5.56 Å². The van der Waals surface area contributed by atoms with Crippen molar-refractivity contribution >= 4 is 11.8 Å². The average Bonchev–Trinajstić information content (AvgIpc) is 2.08. The van der Waals surface area contributed by atoms with Crippen LogP contribution in [0, 0.1) is 12.7 Å². The van der Waals surface area contributed by atoms with Crippen molar-refractivity contribution in [1.29, 1.82) is 0 Å². The monoisotopic (exact) mass is 187 g/mol. The molecule has 1 nitrogen and oxygen atoms in total. The van der Waals surface area contributed by atoms with E-state index in [1.165, 1.54) is 6.07 Å². The van der Waals surface area contributed by atoms with E-state index in [9.17, 15) is 4.39 Å². The Hall–Kier alpha value is -0.600. The summed E-state index contributed by atoms with van der Waals surface area (Å²) in [6, 6.07) is 4.96. The van der Waals surface area contributed by atoms with E-state index in [0.717, 1.165) is 5.56 Å². The molecular weight excluding hydrogens is 177 g/mol. The van der Waals surface area contributed by atoms with Gasteiger partial charge in [0.15, 0.2) is 0 Å². The van der Waals surface area contributed by atoms with Crippen LogP contribution >= 0.6 is 11.8 Å². The molecule has 0 fully saturated rings. The van der Waals surface area contributed by atoms with Crippen LogP contribution in [0.4, 0.5) is 4.39 Å². The minimum absolute atomic E-state index is 0.0256. The normalized spacial score (nSPS) is 13.0. The zero-order valence-corrected chi connectivity index (χ0v) is 7.82. The van der Waals surface area contributed by atoms with Crippen LogP contribution in [-0.4, -0.2) is 0 Å². The van der Waals surface area contributed by atoms with Gasteiger partial charge in [0, 0.05) is 6.04 Å². The highest BCUT2D eigenvalue weighted by Crippen LogP contribution is 2.19. The van der Waals surface area contributed by atoms with E-state index in [1.807, 2.05) is 13.0 Å². The SMILES string of the molecule is Cc1c(F)cccc1C(C)NCl. The molecule has 0 aromatic heterocycles. The smallest absolute Gasteiger partial charge is 0.126 e. The van der Waals surface area contributed by atoms with Gasteiger partial charge in [0.05, 0.1) is 0 Å². The number of benzene rings is 1. The van der Waals surface area contributed by atoms with Crippen molar-refractivity contribution in [3.8, 4) is 0 Å². The van der Waals surface area contributed by atoms with Gasteiger partial charge in [-0.1, -0.05) is 12.1 Å². The summed E-state index contributed by atoms with van der Waals surface area (Å²) in [4.78, 5) is 2.55. The molecule has 0 saturated carbocycles. The lowest BCUT2D eigenvalue weighted by Gasteiger charge is -2.12. The Morgan fingerprint density at radius 1 is 1.50 bits per heavy atom. The summed E-state index contributed by atoms with van der Waals surface area (Å²) >= 11 is 5.44. The van der Waals surface area contributed by atoms with E-state index in [2.05, 4.69) is 4.84 Å². The quantitative estimate of drug-likeness (QED) is 0.702. The summed E-state index contributed by atoms with van der Waals surface area (Å²) < 4.78 is 13.0. The molecule has 1 rings (SSSR count). The Morgan fingerprint density at radius 3 is 2.75 bits per heavy atom. The number of hydrogen-bond donors (Lipinski definition) is 1. The van der Waals surface area contributed by atoms with Crippen LogP contribution in [0.15, 0.2) is 18.2 Å². The fourth-order valence-electron chi connectivity index (χ4n) is 1.15. The van der Waals surface area contributed by atoms with Crippen molar-refractivity contribution in [2.75, 3.05) is 0 Å². The van der Waals surface area contributed by atoms with Gasteiger partial charge in [-0.05, 0) is 42.8 Å². The predicted octanol–water partition coefficient (Wildman–Crippen LogP) is 2.94. The summed E-state index contributed by atoms with van der Waals surface area (Å²) in [6.45, 7) is 3.63. The van der Waals surface area contributed by atoms with E-state index in [-0.39, 0.29) is 11.9 Å². The molecule has 1 aromatic rings. The van der Waals surface area contributed by atoms with E-state index >= 15 is 0 Å². The van der Waals surface area contributed by atoms with E-state index in [1.54, 1.807) is 13.0 Å². The molecular formula is C9H11ClFN. The van der Waals surface area contributed by atoms with Crippen LogP contribution in [0.2, 0.25) is 0 Å². The lowest BCUT2D eigenvalue weighted by Crippen LogP contribution is -2.08. The first-order chi connectivity index (χ1) is 5.66. The third kappa shape index (κ3) is 1.76. The van der Waals surface area contributed by atoms with Crippen LogP contribution in [-0.2, 0) is 0 Å². The molecule has 1 atom stereocenters. The summed E-state index contributed by atoms with van der Waals surface area (Å²) in [5.41, 5.74) is 1.54. The highest BCUT2D eigenvalue weighted by Gasteiger charge is 2.08. The lowest BCUT2D eigenvalue weighted by atomic mass is 10.0. The molecule has 0 saturated heterocycles. The van der Waals surface area contributed by atoms with E-state index in [4.69, 9.17) is 11.8 Å². The maximum atomic E-state index is 13.0. The van der Waals surface area contributed by atoms with Gasteiger partial charge < -0.3 is 0 Å². The van der Waals surface area contributed by atoms with Crippen molar-refractivity contribution < 1.29 is 4.39 Å². The third-order valence-electron chi connectivity index (χ3n) is 1.94. The molecule has 0 heterocycles. The lowest BCUT2D eigenvalue weighted by molar-refractivity contribution is 0.608. The first-order valence-electron chi connectivity index (χ1n) is 3.78. The fourth-order valence-corrected chi connectivity index (χ4v) is 1.27. The third-order valence-corrected chi connectivity index (χ3v) is 2.27. The van der Waals surface area contributed by atoms with Crippen molar-refractivity contribution in [3.63, 3.8) is 0 Å². The van der Waals surface area contributed by atoms with Crippen molar-refractivity contribution in [2.24, 2.45) is 0 Å². The van der Waals surface area contributed by atoms with Gasteiger partial charge in [-0.15, -0.1) is 0 Å². The highest BCUT2D eigenvalue weighted by molar-refractivity contribution is 6.13. The zero-order chi connectivity index (χ0) is 9.14. The number of halogens is 2. The summed E-state index contributed by atoms with van der Waals surface area (Å²) in [5, 5.41) is 0. The molecule has 1 aromatic carbocycles. The average molecular weight is 188 g/mol. The highest BCUT2D eigenvalue weighted by atomic mass is 35.5. The number of hydrogen-bond acceptors (Lipinski definition) is 1. The van der Waals surface area contributed by atoms with Gasteiger partial charge in [0.2, 0.25) is 0 Å². The predicted molar refractivity (Wildman–Crippen MR) is 48.5 cm³/mol. The van der Waals surface area contributed by atoms with Crippen LogP contribution in [0.1, 0.15) is 24.1 Å². The summed E-state index contributed by atoms with van der Waals surface area (Å²) in [6.07, 6.45) is 0. The van der Waals surface area contributed by atoms with Gasteiger partial charge in [0.1, 0.15) is 5.82 Å². The van der Waals surface area contributed by atoms with Crippen molar-refractivity contribution in [3.05, 3.63) is 35.1 Å². The van der Waals surface area contributed by atoms with Crippen molar-refractivity contribution in [2.45, 2.75) is 19.9 Å². The van der Waals surface area contributed by atoms with E-state index < -0.39 is 0 Å². The summed E-state index contributed by atoms with van der Waals surface area (Å²) in [7, 11) is 0. The first kappa shape index (κ1) is 9.49. The molecule has 1 N–H and O–H groups in total. The maximum Gasteiger partial charge on any atom is 0.126 e. The largest absolute Gasteiger partial charge is 0.226 e. The Kier molecular flexibility index (Phi) is 3.06. The molecule has 3 heteroatoms. The molecule has 12 heavy (non-hydrogen) atoms. The molecule has 0 spiro atoms. The topological polar surface area (TPSA) is 12.0 Å². The summed E-state index contributed by atoms with van der Waals surface area (Å²) in [5.74, 6) is -0.189. The second-order valence-corrected chi connectivity index (χ2v) is 3.00. The van der Waals surface area contributed by atoms with Crippen LogP contribution in [0.25, 0.3) is 0 Å². The maximum absolute atomic E-state index is 13.0. The van der Waals surface area contributed by atoms with Gasteiger partial charge in [-0.3, -0.25) is 0 Å². The Bertz CT molecular complexity index is 275. The molecule has 0 amide bonds. The fraction of sp³-hybridized carbons (Fsp3) is 0.333. The molecule has 0 aliphatic carbocycles. The number of nitrogens with one attached hydrogen (secondary N) is 1. The van der Waals surface area contributed by atoms with Gasteiger partial charge in [-0.25, -0.2) is 9.23 Å². The molecule has 0 radical (unpaired) electrons. The zero-order valence-electron chi connectivity index (χ0n) is 7.07. The van der Waals surface area contributed by atoms with Gasteiger partial charge >= 0.3 is 0 Å². The van der Waals surface area contributed by atoms with Crippen LogP contribution in [0.5, 0.6) is 0 Å². The van der Waals surface area contributed by atoms with Crippen LogP contribution < -0.4 is 4.84 Å². The van der Waals surface area contributed by atoms with Crippen molar-refractivity contribution in [1.82, 2.24) is 4.84 Å². The molecule has 1 unspecified atom stereocenters. The first-order valence-corrected chi connectivity index (χ1v) is 4.15. The molecule has 66 valence electrons.